The highest BCUT2D eigenvalue weighted by Crippen LogP contribution is 2.32. The molecule has 0 aliphatic heterocycles. The van der Waals surface area contributed by atoms with Gasteiger partial charge in [-0.1, -0.05) is 34.6 Å². The zero-order valence-corrected chi connectivity index (χ0v) is 8.86. The molecule has 0 saturated heterocycles. The van der Waals surface area contributed by atoms with Crippen LogP contribution in [0.25, 0.3) is 0 Å². The molecule has 0 aliphatic carbocycles. The minimum Gasteiger partial charge on any atom is -0.325 e. The van der Waals surface area contributed by atoms with Gasteiger partial charge in [0, 0.05) is 5.54 Å². The Labute approximate surface area is 71.4 Å². The van der Waals surface area contributed by atoms with Gasteiger partial charge in [0.25, 0.3) is 0 Å². The van der Waals surface area contributed by atoms with E-state index in [1.807, 2.05) is 0 Å². The second-order valence-corrected chi connectivity index (χ2v) is 5.27. The van der Waals surface area contributed by atoms with E-state index < -0.39 is 0 Å². The smallest absolute Gasteiger partial charge is 0.0177 e. The van der Waals surface area contributed by atoms with Crippen LogP contribution in [0.5, 0.6) is 0 Å². The van der Waals surface area contributed by atoms with Crippen LogP contribution in [0, 0.1) is 11.3 Å². The zero-order valence-electron chi connectivity index (χ0n) is 8.86. The van der Waals surface area contributed by atoms with Gasteiger partial charge in [-0.2, -0.15) is 0 Å². The minimum atomic E-state index is -0.0405. The second kappa shape index (κ2) is 3.14. The molecule has 0 saturated carbocycles. The highest BCUT2D eigenvalue weighted by atomic mass is 14.8. The van der Waals surface area contributed by atoms with E-state index in [0.717, 1.165) is 6.42 Å². The summed E-state index contributed by atoms with van der Waals surface area (Å²) >= 11 is 0. The standard InChI is InChI=1S/C10H23N/c1-8(2)7-10(6,11)9(3,4)5/h8H,7,11H2,1-6H3/t10-/m0/s1. The average molecular weight is 157 g/mol. The number of hydrogen-bond acceptors (Lipinski definition) is 1. The third kappa shape index (κ3) is 3.24. The molecule has 0 unspecified atom stereocenters. The SMILES string of the molecule is CC(C)C[C@](C)(N)C(C)(C)C. The number of nitrogens with two attached hydrogens (primary N) is 1. The highest BCUT2D eigenvalue weighted by molar-refractivity contribution is 4.91. The fraction of sp³-hybridized carbons (Fsp3) is 1.00. The van der Waals surface area contributed by atoms with Crippen molar-refractivity contribution in [1.29, 1.82) is 0 Å². The summed E-state index contributed by atoms with van der Waals surface area (Å²) in [6.45, 7) is 13.2. The van der Waals surface area contributed by atoms with Gasteiger partial charge in [0.1, 0.15) is 0 Å². The molecular formula is C10H23N. The van der Waals surface area contributed by atoms with Crippen LogP contribution in [0.4, 0.5) is 0 Å². The lowest BCUT2D eigenvalue weighted by atomic mass is 9.71. The van der Waals surface area contributed by atoms with Crippen molar-refractivity contribution >= 4 is 0 Å². The average Bonchev–Trinajstić information content (AvgIpc) is 1.56. The Hall–Kier alpha value is -0.0400. The molecule has 0 aliphatic rings. The van der Waals surface area contributed by atoms with Crippen molar-refractivity contribution in [2.75, 3.05) is 0 Å². The van der Waals surface area contributed by atoms with E-state index in [9.17, 15) is 0 Å². The van der Waals surface area contributed by atoms with Gasteiger partial charge in [0.15, 0.2) is 0 Å². The molecule has 0 spiro atoms. The summed E-state index contributed by atoms with van der Waals surface area (Å²) in [5.41, 5.74) is 6.36. The molecule has 0 bridgehead atoms. The van der Waals surface area contributed by atoms with Crippen molar-refractivity contribution in [3.63, 3.8) is 0 Å². The van der Waals surface area contributed by atoms with Crippen LogP contribution in [-0.4, -0.2) is 5.54 Å². The Kier molecular flexibility index (Phi) is 3.13. The molecule has 1 heteroatoms. The molecule has 0 heterocycles. The molecule has 11 heavy (non-hydrogen) atoms. The van der Waals surface area contributed by atoms with Gasteiger partial charge in [-0.3, -0.25) is 0 Å². The first-order chi connectivity index (χ1) is 4.67. The molecule has 0 aromatic heterocycles. The van der Waals surface area contributed by atoms with E-state index in [2.05, 4.69) is 41.5 Å². The third-order valence-corrected chi connectivity index (χ3v) is 2.55. The number of hydrogen-bond donors (Lipinski definition) is 1. The molecule has 68 valence electrons. The summed E-state index contributed by atoms with van der Waals surface area (Å²) in [6.07, 6.45) is 1.09. The molecule has 1 atom stereocenters. The van der Waals surface area contributed by atoms with Crippen molar-refractivity contribution in [2.45, 2.75) is 53.5 Å². The summed E-state index contributed by atoms with van der Waals surface area (Å²) in [5.74, 6) is 0.684. The van der Waals surface area contributed by atoms with E-state index in [1.54, 1.807) is 0 Å². The fourth-order valence-corrected chi connectivity index (χ4v) is 1.15. The normalized spacial score (nSPS) is 18.5. The van der Waals surface area contributed by atoms with Crippen molar-refractivity contribution in [1.82, 2.24) is 0 Å². The molecule has 0 aromatic rings. The van der Waals surface area contributed by atoms with Gasteiger partial charge >= 0.3 is 0 Å². The Morgan fingerprint density at radius 2 is 1.45 bits per heavy atom. The van der Waals surface area contributed by atoms with Crippen LogP contribution in [0.2, 0.25) is 0 Å². The van der Waals surface area contributed by atoms with Gasteiger partial charge in [0.2, 0.25) is 0 Å². The van der Waals surface area contributed by atoms with Crippen molar-refractivity contribution in [2.24, 2.45) is 17.1 Å². The monoisotopic (exact) mass is 157 g/mol. The number of rotatable bonds is 2. The van der Waals surface area contributed by atoms with Gasteiger partial charge in [-0.05, 0) is 24.7 Å². The van der Waals surface area contributed by atoms with Crippen LogP contribution >= 0.6 is 0 Å². The largest absolute Gasteiger partial charge is 0.325 e. The fourth-order valence-electron chi connectivity index (χ4n) is 1.15. The zero-order chi connectivity index (χ0) is 9.28. The molecule has 0 amide bonds. The minimum absolute atomic E-state index is 0.0405. The maximum absolute atomic E-state index is 6.19. The summed E-state index contributed by atoms with van der Waals surface area (Å²) in [7, 11) is 0. The predicted molar refractivity (Wildman–Crippen MR) is 51.5 cm³/mol. The maximum Gasteiger partial charge on any atom is 0.0177 e. The Morgan fingerprint density at radius 1 is 1.09 bits per heavy atom. The van der Waals surface area contributed by atoms with Crippen LogP contribution in [0.1, 0.15) is 48.0 Å². The maximum atomic E-state index is 6.19. The predicted octanol–water partition coefficient (Wildman–Crippen LogP) is 2.80. The van der Waals surface area contributed by atoms with Gasteiger partial charge in [-0.25, -0.2) is 0 Å². The van der Waals surface area contributed by atoms with E-state index in [1.165, 1.54) is 0 Å². The van der Waals surface area contributed by atoms with Gasteiger partial charge in [-0.15, -0.1) is 0 Å². The van der Waals surface area contributed by atoms with E-state index in [4.69, 9.17) is 5.73 Å². The second-order valence-electron chi connectivity index (χ2n) is 5.27. The summed E-state index contributed by atoms with van der Waals surface area (Å²) in [5, 5.41) is 0. The lowest BCUT2D eigenvalue weighted by Crippen LogP contribution is -2.49. The van der Waals surface area contributed by atoms with Crippen LogP contribution < -0.4 is 5.73 Å². The first-order valence-corrected chi connectivity index (χ1v) is 4.46. The summed E-state index contributed by atoms with van der Waals surface area (Å²) < 4.78 is 0. The molecule has 2 N–H and O–H groups in total. The molecule has 0 aromatic carbocycles. The molecule has 0 rings (SSSR count). The summed E-state index contributed by atoms with van der Waals surface area (Å²) in [6, 6.07) is 0. The highest BCUT2D eigenvalue weighted by Gasteiger charge is 2.33. The lowest BCUT2D eigenvalue weighted by Gasteiger charge is -2.39. The topological polar surface area (TPSA) is 26.0 Å². The van der Waals surface area contributed by atoms with Gasteiger partial charge < -0.3 is 5.73 Å². The first kappa shape index (κ1) is 11.0. The van der Waals surface area contributed by atoms with Crippen molar-refractivity contribution < 1.29 is 0 Å². The quantitative estimate of drug-likeness (QED) is 0.655. The molecule has 0 radical (unpaired) electrons. The van der Waals surface area contributed by atoms with Crippen molar-refractivity contribution in [3.05, 3.63) is 0 Å². The van der Waals surface area contributed by atoms with Crippen molar-refractivity contribution in [3.8, 4) is 0 Å². The molecule has 1 nitrogen and oxygen atoms in total. The Balaban J connectivity index is 4.22. The first-order valence-electron chi connectivity index (χ1n) is 4.46. The van der Waals surface area contributed by atoms with E-state index in [-0.39, 0.29) is 11.0 Å². The van der Waals surface area contributed by atoms with Crippen LogP contribution in [-0.2, 0) is 0 Å². The van der Waals surface area contributed by atoms with Gasteiger partial charge in [0.05, 0.1) is 0 Å². The Bertz CT molecular complexity index is 117. The Morgan fingerprint density at radius 3 is 1.55 bits per heavy atom. The van der Waals surface area contributed by atoms with E-state index >= 15 is 0 Å². The molecular weight excluding hydrogens is 134 g/mol. The molecule has 0 fully saturated rings. The van der Waals surface area contributed by atoms with E-state index in [0.29, 0.717) is 5.92 Å². The van der Waals surface area contributed by atoms with Crippen LogP contribution in [0.15, 0.2) is 0 Å². The van der Waals surface area contributed by atoms with Crippen LogP contribution in [0.3, 0.4) is 0 Å². The summed E-state index contributed by atoms with van der Waals surface area (Å²) in [4.78, 5) is 0. The third-order valence-electron chi connectivity index (χ3n) is 2.55. The lowest BCUT2D eigenvalue weighted by molar-refractivity contribution is 0.175.